The number of ether oxygens (including phenoxy) is 1. The molecule has 0 unspecified atom stereocenters. The normalized spacial score (nSPS) is 10.9. The monoisotopic (exact) mass is 217 g/mol. The van der Waals surface area contributed by atoms with E-state index in [0.29, 0.717) is 0 Å². The fraction of sp³-hybridized carbons (Fsp3) is 0.500. The number of rotatable bonds is 5. The topological polar surface area (TPSA) is 33.0 Å². The summed E-state index contributed by atoms with van der Waals surface area (Å²) in [5.74, 6) is 0.858. The third-order valence-corrected chi connectivity index (χ3v) is 3.27. The predicted octanol–water partition coefficient (Wildman–Crippen LogP) is 3.57. The van der Waals surface area contributed by atoms with Crippen LogP contribution in [0.15, 0.2) is 24.3 Å². The molecule has 1 aromatic carbocycles. The molecule has 0 amide bonds. The van der Waals surface area contributed by atoms with Crippen LogP contribution in [0.5, 0.6) is 5.75 Å². The first kappa shape index (κ1) is 12.6. The summed E-state index contributed by atoms with van der Waals surface area (Å²) in [5, 5.41) is 9.28. The van der Waals surface area contributed by atoms with Crippen LogP contribution in [0.3, 0.4) is 0 Å². The van der Waals surface area contributed by atoms with E-state index >= 15 is 0 Å². The van der Waals surface area contributed by atoms with Crippen LogP contribution in [0.2, 0.25) is 0 Å². The Morgan fingerprint density at radius 1 is 1.31 bits per heavy atom. The third kappa shape index (κ3) is 2.76. The van der Waals surface area contributed by atoms with Crippen molar-refractivity contribution in [1.82, 2.24) is 0 Å². The lowest BCUT2D eigenvalue weighted by molar-refractivity contribution is 0.362. The zero-order valence-corrected chi connectivity index (χ0v) is 10.3. The summed E-state index contributed by atoms with van der Waals surface area (Å²) in [6.45, 7) is 4.15. The van der Waals surface area contributed by atoms with Gasteiger partial charge < -0.3 is 4.74 Å². The van der Waals surface area contributed by atoms with Gasteiger partial charge in [0.1, 0.15) is 5.75 Å². The highest BCUT2D eigenvalue weighted by Crippen LogP contribution is 2.30. The Morgan fingerprint density at radius 3 is 2.50 bits per heavy atom. The van der Waals surface area contributed by atoms with Crippen molar-refractivity contribution in [2.75, 3.05) is 7.11 Å². The van der Waals surface area contributed by atoms with E-state index in [1.54, 1.807) is 7.11 Å². The maximum atomic E-state index is 9.28. The van der Waals surface area contributed by atoms with Crippen molar-refractivity contribution in [3.8, 4) is 11.8 Å². The SMILES string of the molecule is CCC(C#N)(CC)Cc1cccc(OC)c1. The molecule has 0 radical (unpaired) electrons. The van der Waals surface area contributed by atoms with Crippen molar-refractivity contribution in [2.24, 2.45) is 5.41 Å². The highest BCUT2D eigenvalue weighted by Gasteiger charge is 2.26. The smallest absolute Gasteiger partial charge is 0.119 e. The van der Waals surface area contributed by atoms with Crippen molar-refractivity contribution in [3.05, 3.63) is 29.8 Å². The fourth-order valence-electron chi connectivity index (χ4n) is 1.87. The molecule has 1 rings (SSSR count). The highest BCUT2D eigenvalue weighted by atomic mass is 16.5. The van der Waals surface area contributed by atoms with Gasteiger partial charge in [-0.1, -0.05) is 26.0 Å². The van der Waals surface area contributed by atoms with Crippen LogP contribution in [0.4, 0.5) is 0 Å². The molecule has 0 atom stereocenters. The molecule has 86 valence electrons. The van der Waals surface area contributed by atoms with Gasteiger partial charge in [0.25, 0.3) is 0 Å². The molecule has 0 saturated heterocycles. The molecule has 0 aliphatic rings. The molecule has 0 aromatic heterocycles. The molecule has 0 fully saturated rings. The van der Waals surface area contributed by atoms with Gasteiger partial charge in [-0.2, -0.15) is 5.26 Å². The van der Waals surface area contributed by atoms with E-state index in [1.165, 1.54) is 5.56 Å². The summed E-state index contributed by atoms with van der Waals surface area (Å²) >= 11 is 0. The van der Waals surface area contributed by atoms with Gasteiger partial charge in [-0.3, -0.25) is 0 Å². The molecular weight excluding hydrogens is 198 g/mol. The number of hydrogen-bond donors (Lipinski definition) is 0. The van der Waals surface area contributed by atoms with Gasteiger partial charge >= 0.3 is 0 Å². The second-order valence-corrected chi connectivity index (χ2v) is 4.13. The van der Waals surface area contributed by atoms with E-state index in [2.05, 4.69) is 26.0 Å². The van der Waals surface area contributed by atoms with Crippen molar-refractivity contribution >= 4 is 0 Å². The molecule has 0 saturated carbocycles. The lowest BCUT2D eigenvalue weighted by atomic mass is 9.78. The summed E-state index contributed by atoms with van der Waals surface area (Å²) in [4.78, 5) is 0. The minimum atomic E-state index is -0.230. The van der Waals surface area contributed by atoms with Crippen LogP contribution < -0.4 is 4.74 Å². The first-order valence-corrected chi connectivity index (χ1v) is 5.74. The average Bonchev–Trinajstić information content (AvgIpc) is 2.36. The van der Waals surface area contributed by atoms with E-state index in [9.17, 15) is 5.26 Å². The Bertz CT molecular complexity index is 375. The zero-order chi connectivity index (χ0) is 12.0. The maximum Gasteiger partial charge on any atom is 0.119 e. The van der Waals surface area contributed by atoms with Gasteiger partial charge in [-0.15, -0.1) is 0 Å². The van der Waals surface area contributed by atoms with Gasteiger partial charge in [0.15, 0.2) is 0 Å². The highest BCUT2D eigenvalue weighted by molar-refractivity contribution is 5.30. The zero-order valence-electron chi connectivity index (χ0n) is 10.3. The van der Waals surface area contributed by atoms with Crippen LogP contribution >= 0.6 is 0 Å². The summed E-state index contributed by atoms with van der Waals surface area (Å²) < 4.78 is 5.19. The van der Waals surface area contributed by atoms with Crippen LogP contribution in [0.25, 0.3) is 0 Å². The predicted molar refractivity (Wildman–Crippen MR) is 65.3 cm³/mol. The van der Waals surface area contributed by atoms with Crippen molar-refractivity contribution in [3.63, 3.8) is 0 Å². The van der Waals surface area contributed by atoms with Crippen LogP contribution in [-0.4, -0.2) is 7.11 Å². The molecule has 0 heterocycles. The molecule has 2 nitrogen and oxygen atoms in total. The molecular formula is C14H19NO. The van der Waals surface area contributed by atoms with Gasteiger partial charge in [-0.25, -0.2) is 0 Å². The number of benzene rings is 1. The first-order chi connectivity index (χ1) is 7.69. The van der Waals surface area contributed by atoms with Gasteiger partial charge in [0, 0.05) is 0 Å². The molecule has 16 heavy (non-hydrogen) atoms. The Kier molecular flexibility index (Phi) is 4.37. The van der Waals surface area contributed by atoms with E-state index in [0.717, 1.165) is 25.0 Å². The average molecular weight is 217 g/mol. The summed E-state index contributed by atoms with van der Waals surface area (Å²) in [7, 11) is 1.66. The lowest BCUT2D eigenvalue weighted by Crippen LogP contribution is -2.19. The first-order valence-electron chi connectivity index (χ1n) is 5.74. The quantitative estimate of drug-likeness (QED) is 0.755. The largest absolute Gasteiger partial charge is 0.497 e. The molecule has 0 aliphatic carbocycles. The minimum Gasteiger partial charge on any atom is -0.497 e. The number of nitrogens with zero attached hydrogens (tertiary/aromatic N) is 1. The third-order valence-electron chi connectivity index (χ3n) is 3.27. The maximum absolute atomic E-state index is 9.28. The Balaban J connectivity index is 2.90. The number of nitriles is 1. The fourth-order valence-corrected chi connectivity index (χ4v) is 1.87. The van der Waals surface area contributed by atoms with Crippen molar-refractivity contribution < 1.29 is 4.74 Å². The second-order valence-electron chi connectivity index (χ2n) is 4.13. The molecule has 0 spiro atoms. The van der Waals surface area contributed by atoms with Crippen molar-refractivity contribution in [2.45, 2.75) is 33.1 Å². The van der Waals surface area contributed by atoms with E-state index in [4.69, 9.17) is 4.74 Å². The molecule has 0 bridgehead atoms. The van der Waals surface area contributed by atoms with Gasteiger partial charge in [0.05, 0.1) is 18.6 Å². The van der Waals surface area contributed by atoms with Gasteiger partial charge in [-0.05, 0) is 37.0 Å². The molecule has 2 heteroatoms. The summed E-state index contributed by atoms with van der Waals surface area (Å²) in [6.07, 6.45) is 2.57. The molecule has 0 N–H and O–H groups in total. The van der Waals surface area contributed by atoms with E-state index < -0.39 is 0 Å². The number of methoxy groups -OCH3 is 1. The lowest BCUT2D eigenvalue weighted by Gasteiger charge is -2.23. The van der Waals surface area contributed by atoms with E-state index in [1.807, 2.05) is 18.2 Å². The minimum absolute atomic E-state index is 0.230. The summed E-state index contributed by atoms with van der Waals surface area (Å²) in [6, 6.07) is 10.4. The van der Waals surface area contributed by atoms with Crippen LogP contribution in [0, 0.1) is 16.7 Å². The Labute approximate surface area is 97.9 Å². The second kappa shape index (κ2) is 5.55. The van der Waals surface area contributed by atoms with E-state index in [-0.39, 0.29) is 5.41 Å². The van der Waals surface area contributed by atoms with Gasteiger partial charge in [0.2, 0.25) is 0 Å². The van der Waals surface area contributed by atoms with Crippen LogP contribution in [0.1, 0.15) is 32.3 Å². The molecule has 0 aliphatic heterocycles. The summed E-state index contributed by atoms with van der Waals surface area (Å²) in [5.41, 5.74) is 0.941. The van der Waals surface area contributed by atoms with Crippen LogP contribution in [-0.2, 0) is 6.42 Å². The Hall–Kier alpha value is -1.49. The number of hydrogen-bond acceptors (Lipinski definition) is 2. The molecule has 1 aromatic rings. The Morgan fingerprint density at radius 2 is 2.00 bits per heavy atom. The van der Waals surface area contributed by atoms with Crippen molar-refractivity contribution in [1.29, 1.82) is 5.26 Å². The standard InChI is InChI=1S/C14H19NO/c1-4-14(5-2,11-15)10-12-7-6-8-13(9-12)16-3/h6-9H,4-5,10H2,1-3H3.